The largest absolute Gasteiger partial charge is 0.497 e. The van der Waals surface area contributed by atoms with E-state index in [9.17, 15) is 9.59 Å². The molecule has 2 N–H and O–H groups in total. The molecule has 33 heavy (non-hydrogen) atoms. The number of hydrogen-bond donors (Lipinski definition) is 2. The van der Waals surface area contributed by atoms with Crippen LogP contribution in [0.5, 0.6) is 11.5 Å². The van der Waals surface area contributed by atoms with Crippen LogP contribution in [-0.4, -0.2) is 56.6 Å². The molecular weight excluding hydrogens is 442 g/mol. The molecule has 1 saturated heterocycles. The fourth-order valence-corrected chi connectivity index (χ4v) is 4.00. The Balaban J connectivity index is 1.41. The Morgan fingerprint density at radius 1 is 1.06 bits per heavy atom. The Morgan fingerprint density at radius 2 is 1.67 bits per heavy atom. The summed E-state index contributed by atoms with van der Waals surface area (Å²) >= 11 is 5.96. The number of halogens is 1. The van der Waals surface area contributed by atoms with Crippen molar-refractivity contribution in [2.75, 3.05) is 33.9 Å². The summed E-state index contributed by atoms with van der Waals surface area (Å²) in [5, 5.41) is 6.49. The van der Waals surface area contributed by atoms with Gasteiger partial charge in [-0.15, -0.1) is 0 Å². The van der Waals surface area contributed by atoms with Crippen LogP contribution in [0.3, 0.4) is 0 Å². The zero-order valence-corrected chi connectivity index (χ0v) is 20.2. The van der Waals surface area contributed by atoms with Gasteiger partial charge in [-0.05, 0) is 68.6 Å². The molecule has 2 amide bonds. The number of rotatable bonds is 9. The van der Waals surface area contributed by atoms with E-state index in [0.29, 0.717) is 29.5 Å². The van der Waals surface area contributed by atoms with Gasteiger partial charge in [-0.3, -0.25) is 14.5 Å². The van der Waals surface area contributed by atoms with Crippen LogP contribution in [0, 0.1) is 5.92 Å². The molecule has 1 atom stereocenters. The van der Waals surface area contributed by atoms with Crippen molar-refractivity contribution in [3.63, 3.8) is 0 Å². The second-order valence-electron chi connectivity index (χ2n) is 8.39. The van der Waals surface area contributed by atoms with Gasteiger partial charge in [0.15, 0.2) is 0 Å². The lowest BCUT2D eigenvalue weighted by Crippen LogP contribution is -2.47. The average Bonchev–Trinajstić information content (AvgIpc) is 2.84. The number of piperidine rings is 1. The van der Waals surface area contributed by atoms with Gasteiger partial charge < -0.3 is 20.1 Å². The predicted molar refractivity (Wildman–Crippen MR) is 129 cm³/mol. The fraction of sp³-hybridized carbons (Fsp3) is 0.440. The van der Waals surface area contributed by atoms with Crippen molar-refractivity contribution in [2.24, 2.45) is 5.92 Å². The Bertz CT molecular complexity index is 921. The smallest absolute Gasteiger partial charge is 0.252 e. The van der Waals surface area contributed by atoms with Crippen LogP contribution in [0.4, 0.5) is 0 Å². The molecule has 0 aliphatic carbocycles. The summed E-state index contributed by atoms with van der Waals surface area (Å²) in [6.07, 6.45) is 2.05. The monoisotopic (exact) mass is 473 g/mol. The van der Waals surface area contributed by atoms with Gasteiger partial charge in [0.25, 0.3) is 5.91 Å². The molecule has 8 heteroatoms. The maximum Gasteiger partial charge on any atom is 0.252 e. The quantitative estimate of drug-likeness (QED) is 0.582. The van der Waals surface area contributed by atoms with Crippen LogP contribution < -0.4 is 20.1 Å². The van der Waals surface area contributed by atoms with E-state index in [4.69, 9.17) is 21.1 Å². The summed E-state index contributed by atoms with van der Waals surface area (Å²) in [5.74, 6) is 0.908. The molecule has 1 aliphatic rings. The Kier molecular flexibility index (Phi) is 8.97. The van der Waals surface area contributed by atoms with Crippen LogP contribution in [0.25, 0.3) is 0 Å². The lowest BCUT2D eigenvalue weighted by Gasteiger charge is -2.32. The highest BCUT2D eigenvalue weighted by Gasteiger charge is 2.22. The zero-order valence-electron chi connectivity index (χ0n) is 19.4. The van der Waals surface area contributed by atoms with E-state index in [1.807, 2.05) is 12.1 Å². The molecule has 1 aliphatic heterocycles. The maximum atomic E-state index is 12.6. The molecule has 1 fully saturated rings. The van der Waals surface area contributed by atoms with E-state index in [-0.39, 0.29) is 11.8 Å². The van der Waals surface area contributed by atoms with Crippen molar-refractivity contribution in [3.05, 3.63) is 58.6 Å². The van der Waals surface area contributed by atoms with Gasteiger partial charge >= 0.3 is 0 Å². The molecular formula is C25H32ClN3O4. The summed E-state index contributed by atoms with van der Waals surface area (Å²) in [4.78, 5) is 27.6. The first-order chi connectivity index (χ1) is 15.9. The second kappa shape index (κ2) is 11.9. The van der Waals surface area contributed by atoms with Gasteiger partial charge in [-0.2, -0.15) is 0 Å². The molecule has 0 aromatic heterocycles. The molecule has 3 rings (SSSR count). The third-order valence-corrected chi connectivity index (χ3v) is 6.20. The molecule has 7 nitrogen and oxygen atoms in total. The first kappa shape index (κ1) is 24.9. The van der Waals surface area contributed by atoms with Crippen molar-refractivity contribution >= 4 is 23.4 Å². The number of hydrogen-bond acceptors (Lipinski definition) is 5. The average molecular weight is 474 g/mol. The first-order valence-electron chi connectivity index (χ1n) is 11.2. The number of methoxy groups -OCH3 is 2. The van der Waals surface area contributed by atoms with Gasteiger partial charge in [-0.25, -0.2) is 0 Å². The van der Waals surface area contributed by atoms with Crippen LogP contribution in [-0.2, 0) is 11.3 Å². The number of ether oxygens (including phenoxy) is 2. The van der Waals surface area contributed by atoms with E-state index < -0.39 is 6.04 Å². The van der Waals surface area contributed by atoms with Crippen LogP contribution in [0.15, 0.2) is 42.5 Å². The molecule has 0 bridgehead atoms. The SMILES string of the molecule is COc1cc(OC)cc(C(=O)N[C@H](C)C(=O)NCC2CCN(Cc3ccc(Cl)cc3)CC2)c1. The van der Waals surface area contributed by atoms with Crippen molar-refractivity contribution in [1.82, 2.24) is 15.5 Å². The highest BCUT2D eigenvalue weighted by atomic mass is 35.5. The molecule has 1 heterocycles. The Morgan fingerprint density at radius 3 is 2.24 bits per heavy atom. The van der Waals surface area contributed by atoms with E-state index in [0.717, 1.165) is 37.5 Å². The van der Waals surface area contributed by atoms with Crippen molar-refractivity contribution in [3.8, 4) is 11.5 Å². The molecule has 0 spiro atoms. The number of likely N-dealkylation sites (tertiary alicyclic amines) is 1. The lowest BCUT2D eigenvalue weighted by atomic mass is 9.96. The normalized spacial score (nSPS) is 15.5. The summed E-state index contributed by atoms with van der Waals surface area (Å²) < 4.78 is 10.4. The standard InChI is InChI=1S/C25H32ClN3O4/c1-17(28-25(31)20-12-22(32-2)14-23(13-20)33-3)24(30)27-15-18-8-10-29(11-9-18)16-19-4-6-21(26)7-5-19/h4-7,12-14,17-18H,8-11,15-16H2,1-3H3,(H,27,30)(H,28,31)/t17-/m1/s1. The number of benzene rings is 2. The van der Waals surface area contributed by atoms with E-state index in [1.54, 1.807) is 25.1 Å². The van der Waals surface area contributed by atoms with Crippen molar-refractivity contribution in [1.29, 1.82) is 0 Å². The minimum atomic E-state index is -0.653. The summed E-state index contributed by atoms with van der Waals surface area (Å²) in [5.41, 5.74) is 1.63. The van der Waals surface area contributed by atoms with Crippen LogP contribution >= 0.6 is 11.6 Å². The molecule has 2 aromatic rings. The minimum Gasteiger partial charge on any atom is -0.497 e. The van der Waals surface area contributed by atoms with Gasteiger partial charge in [0.1, 0.15) is 17.5 Å². The zero-order chi connectivity index (χ0) is 23.8. The van der Waals surface area contributed by atoms with Gasteiger partial charge in [0.2, 0.25) is 5.91 Å². The summed E-state index contributed by atoms with van der Waals surface area (Å²) in [6, 6.07) is 12.2. The lowest BCUT2D eigenvalue weighted by molar-refractivity contribution is -0.122. The van der Waals surface area contributed by atoms with Crippen LogP contribution in [0.1, 0.15) is 35.7 Å². The minimum absolute atomic E-state index is 0.193. The van der Waals surface area contributed by atoms with Crippen molar-refractivity contribution < 1.29 is 19.1 Å². The maximum absolute atomic E-state index is 12.6. The van der Waals surface area contributed by atoms with E-state index in [2.05, 4.69) is 27.7 Å². The third-order valence-electron chi connectivity index (χ3n) is 5.95. The number of amides is 2. The van der Waals surface area contributed by atoms with Gasteiger partial charge in [0, 0.05) is 29.7 Å². The summed E-state index contributed by atoms with van der Waals surface area (Å²) in [6.45, 7) is 5.19. The molecule has 2 aromatic carbocycles. The summed E-state index contributed by atoms with van der Waals surface area (Å²) in [7, 11) is 3.05. The van der Waals surface area contributed by atoms with Gasteiger partial charge in [0.05, 0.1) is 14.2 Å². The second-order valence-corrected chi connectivity index (χ2v) is 8.82. The molecule has 0 radical (unpaired) electrons. The molecule has 0 unspecified atom stereocenters. The Labute approximate surface area is 200 Å². The van der Waals surface area contributed by atoms with Crippen molar-refractivity contribution in [2.45, 2.75) is 32.4 Å². The van der Waals surface area contributed by atoms with E-state index in [1.165, 1.54) is 19.8 Å². The number of carbonyl (C=O) groups is 2. The predicted octanol–water partition coefficient (Wildman–Crippen LogP) is 3.50. The number of nitrogens with one attached hydrogen (secondary N) is 2. The fourth-order valence-electron chi connectivity index (χ4n) is 3.88. The first-order valence-corrected chi connectivity index (χ1v) is 11.5. The third kappa shape index (κ3) is 7.37. The highest BCUT2D eigenvalue weighted by molar-refractivity contribution is 6.30. The number of nitrogens with zero attached hydrogens (tertiary/aromatic N) is 1. The van der Waals surface area contributed by atoms with E-state index >= 15 is 0 Å². The van der Waals surface area contributed by atoms with Crippen LogP contribution in [0.2, 0.25) is 5.02 Å². The molecule has 0 saturated carbocycles. The highest BCUT2D eigenvalue weighted by Crippen LogP contribution is 2.23. The molecule has 178 valence electrons. The Hall–Kier alpha value is -2.77. The topological polar surface area (TPSA) is 79.9 Å². The number of carbonyl (C=O) groups excluding carboxylic acids is 2. The van der Waals surface area contributed by atoms with Gasteiger partial charge in [-0.1, -0.05) is 23.7 Å².